The highest BCUT2D eigenvalue weighted by Crippen LogP contribution is 2.30. The quantitative estimate of drug-likeness (QED) is 0.741. The van der Waals surface area contributed by atoms with Gasteiger partial charge in [-0.05, 0) is 49.2 Å². The van der Waals surface area contributed by atoms with E-state index in [1.165, 1.54) is 24.3 Å². The van der Waals surface area contributed by atoms with Gasteiger partial charge in [-0.3, -0.25) is 14.6 Å². The van der Waals surface area contributed by atoms with Gasteiger partial charge in [0.05, 0.1) is 12.6 Å². The third kappa shape index (κ3) is 5.40. The number of hydrogen-bond acceptors (Lipinski definition) is 3. The molecule has 0 bridgehead atoms. The third-order valence-corrected chi connectivity index (χ3v) is 5.67. The molecule has 0 atom stereocenters. The van der Waals surface area contributed by atoms with Crippen LogP contribution in [0, 0.1) is 11.6 Å². The van der Waals surface area contributed by atoms with Crippen LogP contribution in [0.3, 0.4) is 0 Å². The molecule has 2 aromatic rings. The summed E-state index contributed by atoms with van der Waals surface area (Å²) < 4.78 is 26.9. The lowest BCUT2D eigenvalue weighted by Gasteiger charge is -2.40. The van der Waals surface area contributed by atoms with Crippen molar-refractivity contribution in [2.45, 2.75) is 25.9 Å². The first-order valence-corrected chi connectivity index (χ1v) is 10.1. The second kappa shape index (κ2) is 9.46. The molecule has 1 heterocycles. The van der Waals surface area contributed by atoms with E-state index in [1.54, 1.807) is 29.2 Å². The molecule has 1 fully saturated rings. The summed E-state index contributed by atoms with van der Waals surface area (Å²) in [7, 11) is 1.84. The molecule has 1 aliphatic heterocycles. The Hall–Kier alpha value is -2.31. The molecule has 29 heavy (non-hydrogen) atoms. The normalized spacial score (nSPS) is 15.8. The molecule has 4 nitrogen and oxygen atoms in total. The fourth-order valence-corrected chi connectivity index (χ4v) is 3.67. The minimum Gasteiger partial charge on any atom is -0.342 e. The molecule has 156 valence electrons. The lowest BCUT2D eigenvalue weighted by Crippen LogP contribution is -2.51. The van der Waals surface area contributed by atoms with Crippen LogP contribution in [-0.2, 0) is 4.79 Å². The van der Waals surface area contributed by atoms with Gasteiger partial charge in [-0.2, -0.15) is 0 Å². The molecule has 6 heteroatoms. The van der Waals surface area contributed by atoms with Crippen LogP contribution >= 0.6 is 0 Å². The predicted molar refractivity (Wildman–Crippen MR) is 111 cm³/mol. The molecule has 3 rings (SSSR count). The van der Waals surface area contributed by atoms with Gasteiger partial charge >= 0.3 is 0 Å². The molecule has 0 saturated carbocycles. The van der Waals surface area contributed by atoms with Crippen LogP contribution in [0.5, 0.6) is 0 Å². The first-order chi connectivity index (χ1) is 13.8. The molecule has 2 aromatic carbocycles. The third-order valence-electron chi connectivity index (χ3n) is 5.67. The van der Waals surface area contributed by atoms with E-state index in [-0.39, 0.29) is 29.6 Å². The molecule has 0 aliphatic carbocycles. The first-order valence-electron chi connectivity index (χ1n) is 10.1. The Bertz CT molecular complexity index is 754. The maximum absolute atomic E-state index is 13.4. The van der Waals surface area contributed by atoms with Crippen molar-refractivity contribution in [1.29, 1.82) is 0 Å². The molecule has 1 amide bonds. The summed E-state index contributed by atoms with van der Waals surface area (Å²) in [6.45, 7) is 7.53. The first kappa shape index (κ1) is 21.4. The Morgan fingerprint density at radius 2 is 1.34 bits per heavy atom. The van der Waals surface area contributed by atoms with Crippen molar-refractivity contribution in [2.75, 3.05) is 39.8 Å². The lowest BCUT2D eigenvalue weighted by atomic mass is 9.96. The molecule has 1 aliphatic rings. The van der Waals surface area contributed by atoms with Crippen LogP contribution < -0.4 is 0 Å². The zero-order valence-corrected chi connectivity index (χ0v) is 17.3. The standard InChI is InChI=1S/C23H29F2N3O/c1-17(2)26(3)22(29)16-27-12-14-28(15-13-27)23(18-4-8-20(24)9-5-18)19-6-10-21(25)11-7-19/h4-11,17,23H,12-16H2,1-3H3. The number of rotatable bonds is 6. The fraction of sp³-hybridized carbons (Fsp3) is 0.435. The fourth-order valence-electron chi connectivity index (χ4n) is 3.67. The Morgan fingerprint density at radius 3 is 1.76 bits per heavy atom. The van der Waals surface area contributed by atoms with E-state index < -0.39 is 0 Å². The Morgan fingerprint density at radius 1 is 0.897 bits per heavy atom. The minimum atomic E-state index is -0.274. The van der Waals surface area contributed by atoms with Crippen molar-refractivity contribution in [3.05, 3.63) is 71.3 Å². The zero-order valence-electron chi connectivity index (χ0n) is 17.3. The molecule has 1 saturated heterocycles. The van der Waals surface area contributed by atoms with Crippen molar-refractivity contribution in [3.63, 3.8) is 0 Å². The maximum Gasteiger partial charge on any atom is 0.236 e. The summed E-state index contributed by atoms with van der Waals surface area (Å²) in [6, 6.07) is 13.1. The van der Waals surface area contributed by atoms with Crippen LogP contribution in [-0.4, -0.2) is 66.4 Å². The van der Waals surface area contributed by atoms with Gasteiger partial charge in [0.25, 0.3) is 0 Å². The van der Waals surface area contributed by atoms with Gasteiger partial charge in [0.2, 0.25) is 5.91 Å². The predicted octanol–water partition coefficient (Wildman–Crippen LogP) is 3.54. The van der Waals surface area contributed by atoms with Gasteiger partial charge in [-0.15, -0.1) is 0 Å². The van der Waals surface area contributed by atoms with Crippen LogP contribution in [0.4, 0.5) is 8.78 Å². The number of amides is 1. The monoisotopic (exact) mass is 401 g/mol. The average Bonchev–Trinajstić information content (AvgIpc) is 2.71. The van der Waals surface area contributed by atoms with Gasteiger partial charge in [-0.25, -0.2) is 8.78 Å². The summed E-state index contributed by atoms with van der Waals surface area (Å²) >= 11 is 0. The summed E-state index contributed by atoms with van der Waals surface area (Å²) in [5.74, 6) is -0.421. The van der Waals surface area contributed by atoms with Crippen molar-refractivity contribution < 1.29 is 13.6 Å². The second-order valence-corrected chi connectivity index (χ2v) is 7.92. The zero-order chi connectivity index (χ0) is 21.0. The SMILES string of the molecule is CC(C)N(C)C(=O)CN1CCN(C(c2ccc(F)cc2)c2ccc(F)cc2)CC1. The van der Waals surface area contributed by atoms with E-state index >= 15 is 0 Å². The summed E-state index contributed by atoms with van der Waals surface area (Å²) in [5, 5.41) is 0. The van der Waals surface area contributed by atoms with Crippen LogP contribution in [0.2, 0.25) is 0 Å². The topological polar surface area (TPSA) is 26.8 Å². The van der Waals surface area contributed by atoms with E-state index in [0.29, 0.717) is 6.54 Å². The summed E-state index contributed by atoms with van der Waals surface area (Å²) in [5.41, 5.74) is 1.95. The summed E-state index contributed by atoms with van der Waals surface area (Å²) in [6.07, 6.45) is 0. The number of likely N-dealkylation sites (N-methyl/N-ethyl adjacent to an activating group) is 1. The number of carbonyl (C=O) groups is 1. The average molecular weight is 402 g/mol. The Balaban J connectivity index is 1.72. The van der Waals surface area contributed by atoms with Gasteiger partial charge < -0.3 is 4.90 Å². The highest BCUT2D eigenvalue weighted by Gasteiger charge is 2.28. The van der Waals surface area contributed by atoms with E-state index in [2.05, 4.69) is 9.80 Å². The summed E-state index contributed by atoms with van der Waals surface area (Å²) in [4.78, 5) is 18.6. The van der Waals surface area contributed by atoms with E-state index in [9.17, 15) is 13.6 Å². The molecule has 0 aromatic heterocycles. The molecule has 0 spiro atoms. The largest absolute Gasteiger partial charge is 0.342 e. The van der Waals surface area contributed by atoms with Crippen molar-refractivity contribution >= 4 is 5.91 Å². The Kier molecular flexibility index (Phi) is 6.98. The number of hydrogen-bond donors (Lipinski definition) is 0. The van der Waals surface area contributed by atoms with Gasteiger partial charge in [-0.1, -0.05) is 24.3 Å². The smallest absolute Gasteiger partial charge is 0.236 e. The van der Waals surface area contributed by atoms with Crippen LogP contribution in [0.25, 0.3) is 0 Å². The molecule has 0 N–H and O–H groups in total. The van der Waals surface area contributed by atoms with Gasteiger partial charge in [0.15, 0.2) is 0 Å². The van der Waals surface area contributed by atoms with Crippen LogP contribution in [0.1, 0.15) is 31.0 Å². The number of nitrogens with zero attached hydrogens (tertiary/aromatic N) is 3. The molecular formula is C23H29F2N3O. The second-order valence-electron chi connectivity index (χ2n) is 7.92. The number of piperazine rings is 1. The Labute approximate surface area is 171 Å². The molecule has 0 unspecified atom stereocenters. The van der Waals surface area contributed by atoms with E-state index in [4.69, 9.17) is 0 Å². The number of carbonyl (C=O) groups excluding carboxylic acids is 1. The van der Waals surface area contributed by atoms with Crippen molar-refractivity contribution in [1.82, 2.24) is 14.7 Å². The van der Waals surface area contributed by atoms with Gasteiger partial charge in [0.1, 0.15) is 11.6 Å². The lowest BCUT2D eigenvalue weighted by molar-refractivity contribution is -0.133. The van der Waals surface area contributed by atoms with Gasteiger partial charge in [0, 0.05) is 39.3 Å². The molecular weight excluding hydrogens is 372 g/mol. The van der Waals surface area contributed by atoms with E-state index in [0.717, 1.165) is 37.3 Å². The van der Waals surface area contributed by atoms with Crippen molar-refractivity contribution in [3.8, 4) is 0 Å². The molecule has 0 radical (unpaired) electrons. The van der Waals surface area contributed by atoms with E-state index in [1.807, 2.05) is 20.9 Å². The van der Waals surface area contributed by atoms with Crippen LogP contribution in [0.15, 0.2) is 48.5 Å². The number of halogens is 2. The highest BCUT2D eigenvalue weighted by atomic mass is 19.1. The van der Waals surface area contributed by atoms with Crippen molar-refractivity contribution in [2.24, 2.45) is 0 Å². The number of benzene rings is 2. The maximum atomic E-state index is 13.4. The minimum absolute atomic E-state index is 0.0765. The highest BCUT2D eigenvalue weighted by molar-refractivity contribution is 5.78.